The normalized spacial score (nSPS) is 15.6. The topological polar surface area (TPSA) is 81.4 Å². The number of piperidine rings is 1. The minimum Gasteiger partial charge on any atom is -0.473 e. The Kier molecular flexibility index (Phi) is 5.36. The van der Waals surface area contributed by atoms with E-state index in [1.54, 1.807) is 4.90 Å². The predicted octanol–water partition coefficient (Wildman–Crippen LogP) is 4.10. The molecule has 0 unspecified atom stereocenters. The highest BCUT2D eigenvalue weighted by Gasteiger charge is 2.32. The van der Waals surface area contributed by atoms with Crippen molar-refractivity contribution in [2.75, 3.05) is 18.0 Å². The first-order valence-electron chi connectivity index (χ1n) is 7.99. The zero-order chi connectivity index (χ0) is 19.6. The summed E-state index contributed by atoms with van der Waals surface area (Å²) in [6, 6.07) is 3.66. The summed E-state index contributed by atoms with van der Waals surface area (Å²) in [6.07, 6.45) is -1.70. The van der Waals surface area contributed by atoms with Crippen molar-refractivity contribution >= 4 is 23.1 Å². The third-order valence-electron chi connectivity index (χ3n) is 4.12. The third kappa shape index (κ3) is 4.38. The molecule has 1 saturated heterocycles. The van der Waals surface area contributed by atoms with Gasteiger partial charge < -0.3 is 9.64 Å². The van der Waals surface area contributed by atoms with Gasteiger partial charge in [0, 0.05) is 44.4 Å². The van der Waals surface area contributed by atoms with E-state index in [4.69, 9.17) is 16.3 Å². The fourth-order valence-corrected chi connectivity index (χ4v) is 3.00. The highest BCUT2D eigenvalue weighted by molar-refractivity contribution is 6.31. The first-order chi connectivity index (χ1) is 12.8. The molecule has 11 heteroatoms. The van der Waals surface area contributed by atoms with E-state index < -0.39 is 16.7 Å². The van der Waals surface area contributed by atoms with Gasteiger partial charge in [0.1, 0.15) is 11.1 Å². The average molecular weight is 403 g/mol. The Hall–Kier alpha value is -2.62. The van der Waals surface area contributed by atoms with Crippen LogP contribution in [0.3, 0.4) is 0 Å². The molecule has 0 N–H and O–H groups in total. The average Bonchev–Trinajstić information content (AvgIpc) is 2.63. The van der Waals surface area contributed by atoms with Crippen LogP contribution in [0, 0.1) is 10.1 Å². The minimum atomic E-state index is -4.53. The maximum absolute atomic E-state index is 12.7. The summed E-state index contributed by atoms with van der Waals surface area (Å²) in [7, 11) is 0. The number of halogens is 4. The summed E-state index contributed by atoms with van der Waals surface area (Å²) in [4.78, 5) is 20.2. The Morgan fingerprint density at radius 1 is 1.30 bits per heavy atom. The van der Waals surface area contributed by atoms with Crippen molar-refractivity contribution in [3.63, 3.8) is 0 Å². The number of alkyl halides is 3. The fraction of sp³-hybridized carbons (Fsp3) is 0.375. The molecule has 0 aromatic carbocycles. The summed E-state index contributed by atoms with van der Waals surface area (Å²) >= 11 is 5.85. The van der Waals surface area contributed by atoms with Crippen LogP contribution in [0.5, 0.6) is 5.88 Å². The summed E-state index contributed by atoms with van der Waals surface area (Å²) < 4.78 is 43.6. The first-order valence-corrected chi connectivity index (χ1v) is 8.37. The van der Waals surface area contributed by atoms with Gasteiger partial charge >= 0.3 is 11.9 Å². The molecule has 0 radical (unpaired) electrons. The van der Waals surface area contributed by atoms with Crippen molar-refractivity contribution in [1.82, 2.24) is 9.97 Å². The van der Waals surface area contributed by atoms with Crippen LogP contribution in [0.25, 0.3) is 0 Å². The second-order valence-electron chi connectivity index (χ2n) is 5.92. The lowest BCUT2D eigenvalue weighted by Crippen LogP contribution is -2.39. The molecule has 144 valence electrons. The van der Waals surface area contributed by atoms with Gasteiger partial charge in [-0.15, -0.1) is 0 Å². The maximum atomic E-state index is 12.7. The highest BCUT2D eigenvalue weighted by Crippen LogP contribution is 2.34. The molecule has 0 bridgehead atoms. The second kappa shape index (κ2) is 7.55. The molecule has 0 atom stereocenters. The molecule has 7 nitrogen and oxygen atoms in total. The van der Waals surface area contributed by atoms with Crippen LogP contribution < -0.4 is 9.64 Å². The number of hydrogen-bond donors (Lipinski definition) is 0. The molecule has 1 aliphatic rings. The van der Waals surface area contributed by atoms with Crippen LogP contribution in [-0.2, 0) is 6.18 Å². The molecular formula is C16H14ClF3N4O3. The van der Waals surface area contributed by atoms with Crippen molar-refractivity contribution in [2.45, 2.75) is 25.1 Å². The van der Waals surface area contributed by atoms with Crippen molar-refractivity contribution in [1.29, 1.82) is 0 Å². The maximum Gasteiger partial charge on any atom is 0.417 e. The Morgan fingerprint density at radius 2 is 2.00 bits per heavy atom. The molecule has 2 aromatic rings. The van der Waals surface area contributed by atoms with E-state index >= 15 is 0 Å². The first kappa shape index (κ1) is 19.2. The van der Waals surface area contributed by atoms with Gasteiger partial charge in [-0.2, -0.15) is 13.2 Å². The van der Waals surface area contributed by atoms with E-state index in [0.29, 0.717) is 32.1 Å². The lowest BCUT2D eigenvalue weighted by atomic mass is 10.1. The van der Waals surface area contributed by atoms with Crippen LogP contribution in [-0.4, -0.2) is 34.1 Å². The second-order valence-corrected chi connectivity index (χ2v) is 6.32. The molecule has 3 rings (SSSR count). The van der Waals surface area contributed by atoms with Gasteiger partial charge in [-0.05, 0) is 12.1 Å². The van der Waals surface area contributed by atoms with E-state index in [1.165, 1.54) is 18.3 Å². The molecule has 1 fully saturated rings. The number of anilines is 1. The van der Waals surface area contributed by atoms with Gasteiger partial charge in [-0.25, -0.2) is 9.97 Å². The number of ether oxygens (including phenoxy) is 1. The Labute approximate surface area is 156 Å². The summed E-state index contributed by atoms with van der Waals surface area (Å²) in [5, 5.41) is 10.9. The zero-order valence-electron chi connectivity index (χ0n) is 13.8. The van der Waals surface area contributed by atoms with E-state index in [1.807, 2.05) is 0 Å². The van der Waals surface area contributed by atoms with Gasteiger partial charge in [0.25, 0.3) is 0 Å². The molecular weight excluding hydrogens is 389 g/mol. The van der Waals surface area contributed by atoms with Crippen LogP contribution in [0.15, 0.2) is 30.6 Å². The standard InChI is InChI=1S/C16H14ClF3N4O3/c17-12-8-10(16(18,19)20)9-22-15(12)27-11-3-6-23(7-4-11)14-13(24(25)26)2-1-5-21-14/h1-2,5,8-9,11H,3-4,6-7H2. The molecule has 1 aliphatic heterocycles. The highest BCUT2D eigenvalue weighted by atomic mass is 35.5. The number of nitro groups is 1. The fourth-order valence-electron chi connectivity index (χ4n) is 2.79. The summed E-state index contributed by atoms with van der Waals surface area (Å²) in [6.45, 7) is 0.890. The van der Waals surface area contributed by atoms with Crippen molar-refractivity contribution in [3.05, 3.63) is 51.3 Å². The SMILES string of the molecule is O=[N+]([O-])c1cccnc1N1CCC(Oc2ncc(C(F)(F)F)cc2Cl)CC1. The quantitative estimate of drug-likeness (QED) is 0.565. The summed E-state index contributed by atoms with van der Waals surface area (Å²) in [5.41, 5.74) is -1.03. The van der Waals surface area contributed by atoms with Gasteiger partial charge in [0.2, 0.25) is 11.7 Å². The lowest BCUT2D eigenvalue weighted by molar-refractivity contribution is -0.384. The molecule has 0 amide bonds. The van der Waals surface area contributed by atoms with E-state index in [2.05, 4.69) is 9.97 Å². The number of aromatic nitrogens is 2. The van der Waals surface area contributed by atoms with Gasteiger partial charge in [-0.1, -0.05) is 11.6 Å². The third-order valence-corrected chi connectivity index (χ3v) is 4.39. The molecule has 0 spiro atoms. The van der Waals surface area contributed by atoms with E-state index in [9.17, 15) is 23.3 Å². The van der Waals surface area contributed by atoms with Crippen molar-refractivity contribution < 1.29 is 22.8 Å². The zero-order valence-corrected chi connectivity index (χ0v) is 14.6. The van der Waals surface area contributed by atoms with Gasteiger partial charge in [0.05, 0.1) is 10.5 Å². The minimum absolute atomic E-state index is 0.0630. The van der Waals surface area contributed by atoms with Gasteiger partial charge in [-0.3, -0.25) is 10.1 Å². The van der Waals surface area contributed by atoms with Crippen LogP contribution >= 0.6 is 11.6 Å². The van der Waals surface area contributed by atoms with Crippen LogP contribution in [0.1, 0.15) is 18.4 Å². The monoisotopic (exact) mass is 402 g/mol. The largest absolute Gasteiger partial charge is 0.473 e. The molecule has 3 heterocycles. The number of nitrogens with zero attached hydrogens (tertiary/aromatic N) is 4. The number of pyridine rings is 2. The van der Waals surface area contributed by atoms with Crippen molar-refractivity contribution in [2.24, 2.45) is 0 Å². The molecule has 0 aliphatic carbocycles. The Bertz CT molecular complexity index is 842. The van der Waals surface area contributed by atoms with E-state index in [-0.39, 0.29) is 28.5 Å². The lowest BCUT2D eigenvalue weighted by Gasteiger charge is -2.32. The smallest absolute Gasteiger partial charge is 0.417 e. The predicted molar refractivity (Wildman–Crippen MR) is 91.0 cm³/mol. The molecule has 27 heavy (non-hydrogen) atoms. The number of hydrogen-bond acceptors (Lipinski definition) is 6. The van der Waals surface area contributed by atoms with E-state index in [0.717, 1.165) is 6.07 Å². The van der Waals surface area contributed by atoms with Gasteiger partial charge in [0.15, 0.2) is 0 Å². The molecule has 2 aromatic heterocycles. The Morgan fingerprint density at radius 3 is 2.59 bits per heavy atom. The van der Waals surface area contributed by atoms with Crippen LogP contribution in [0.4, 0.5) is 24.7 Å². The number of rotatable bonds is 4. The summed E-state index contributed by atoms with van der Waals surface area (Å²) in [5.74, 6) is 0.221. The Balaban J connectivity index is 1.65. The van der Waals surface area contributed by atoms with Crippen molar-refractivity contribution in [3.8, 4) is 5.88 Å². The van der Waals surface area contributed by atoms with Crippen LogP contribution in [0.2, 0.25) is 5.02 Å². The molecule has 0 saturated carbocycles.